The Morgan fingerprint density at radius 1 is 1.00 bits per heavy atom. The first-order valence-electron chi connectivity index (χ1n) is 3.11. The van der Waals surface area contributed by atoms with Crippen molar-refractivity contribution in [3.05, 3.63) is 0 Å². The van der Waals surface area contributed by atoms with Gasteiger partial charge in [0, 0.05) is 24.8 Å². The fourth-order valence-corrected chi connectivity index (χ4v) is 0.684. The van der Waals surface area contributed by atoms with Crippen LogP contribution >= 0.6 is 0 Å². The molecule has 85 valence electrons. The van der Waals surface area contributed by atoms with Crippen LogP contribution in [0.4, 0.5) is 0 Å². The molecule has 0 fully saturated rings. The van der Waals surface area contributed by atoms with E-state index < -0.39 is 36.4 Å². The molecule has 0 aromatic carbocycles. The number of aliphatic hydroxyl groups is 1. The third-order valence-electron chi connectivity index (χ3n) is 1.25. The summed E-state index contributed by atoms with van der Waals surface area (Å²) in [5.74, 6) is -5.98. The predicted molar refractivity (Wildman–Crippen MR) is 29.9 cm³/mol. The Kier molecular flexibility index (Phi) is 9.30. The number of rotatable bonds is 5. The van der Waals surface area contributed by atoms with Crippen molar-refractivity contribution < 1.29 is 57.4 Å². The molecule has 0 saturated carbocycles. The first-order chi connectivity index (χ1) is 5.78. The maximum atomic E-state index is 10.1. The van der Waals surface area contributed by atoms with Gasteiger partial charge in [-0.25, -0.2) is 0 Å². The summed E-state index contributed by atoms with van der Waals surface area (Å²) in [6.07, 6.45) is -2.72. The minimum atomic E-state index is -2.97. The second-order valence-corrected chi connectivity index (χ2v) is 2.42. The molecular weight excluding hydrogens is 256 g/mol. The van der Waals surface area contributed by atoms with Crippen LogP contribution < -0.4 is 15.3 Å². The Morgan fingerprint density at radius 2 is 1.27 bits per heavy atom. The van der Waals surface area contributed by atoms with E-state index in [1.807, 2.05) is 0 Å². The largest absolute Gasteiger partial charge is 5.00 e. The average Bonchev–Trinajstić information content (AvgIpc) is 1.82. The number of aliphatic carboxylic acids is 3. The molecule has 0 unspecified atom stereocenters. The maximum Gasteiger partial charge on any atom is 5.00 e. The normalized spacial score (nSPS) is 9.40. The van der Waals surface area contributed by atoms with Crippen LogP contribution in [-0.2, 0) is 36.9 Å². The van der Waals surface area contributed by atoms with E-state index in [0.29, 0.717) is 0 Å². The van der Waals surface area contributed by atoms with Gasteiger partial charge in [-0.15, -0.1) is 0 Å². The van der Waals surface area contributed by atoms with Crippen LogP contribution in [0.5, 0.6) is 0 Å². The summed E-state index contributed by atoms with van der Waals surface area (Å²) < 4.78 is 0. The Hall–Kier alpha value is -1.15. The first kappa shape index (κ1) is 19.4. The minimum absolute atomic E-state index is 0. The fraction of sp³-hybridized carbons (Fsp3) is 0.500. The molecule has 0 rings (SSSR count). The van der Waals surface area contributed by atoms with Gasteiger partial charge in [0.1, 0.15) is 5.60 Å². The van der Waals surface area contributed by atoms with Gasteiger partial charge in [-0.05, 0) is 0 Å². The molecule has 0 aliphatic carbocycles. The number of carboxylic acids is 3. The zero-order valence-electron chi connectivity index (χ0n) is 7.07. The summed E-state index contributed by atoms with van der Waals surface area (Å²) in [6, 6.07) is 0. The summed E-state index contributed by atoms with van der Waals surface area (Å²) in [6.45, 7) is 0. The first-order valence-corrected chi connectivity index (χ1v) is 3.11. The topological polar surface area (TPSA) is 169 Å². The molecule has 1 radical (unpaired) electrons. The van der Waals surface area contributed by atoms with Crippen LogP contribution in [0.15, 0.2) is 0 Å². The van der Waals surface area contributed by atoms with Gasteiger partial charge in [-0.2, -0.15) is 0 Å². The Bertz CT molecular complexity index is 234. The van der Waals surface area contributed by atoms with Crippen molar-refractivity contribution in [1.29, 1.82) is 0 Å². The van der Waals surface area contributed by atoms with Gasteiger partial charge in [0.15, 0.2) is 0 Å². The number of carbonyl (C=O) groups is 3. The number of hydrogen-bond acceptors (Lipinski definition) is 7. The quantitative estimate of drug-likeness (QED) is 0.481. The summed E-state index contributed by atoms with van der Waals surface area (Å²) in [5.41, 5.74) is -2.97. The SMILES string of the molecule is O=C([O-])CC(O)(CC(=O)[O-])C(=O)[O-].[Fe+5].[O-2]. The molecule has 0 aromatic rings. The van der Waals surface area contributed by atoms with E-state index in [9.17, 15) is 29.7 Å². The van der Waals surface area contributed by atoms with Crippen LogP contribution in [-0.4, -0.2) is 28.6 Å². The van der Waals surface area contributed by atoms with Crippen molar-refractivity contribution in [3.63, 3.8) is 0 Å². The molecule has 0 heterocycles. The monoisotopic (exact) mass is 261 g/mol. The molecule has 15 heavy (non-hydrogen) atoms. The molecule has 0 bridgehead atoms. The Morgan fingerprint density at radius 3 is 1.40 bits per heavy atom. The molecular formula is C6H5FeO8. The zero-order valence-corrected chi connectivity index (χ0v) is 8.18. The molecule has 0 saturated heterocycles. The van der Waals surface area contributed by atoms with E-state index in [1.165, 1.54) is 0 Å². The third kappa shape index (κ3) is 6.86. The molecule has 1 N–H and O–H groups in total. The molecule has 0 atom stereocenters. The van der Waals surface area contributed by atoms with Crippen molar-refractivity contribution in [2.24, 2.45) is 0 Å². The Labute approximate surface area is 94.3 Å². The molecule has 0 aliphatic heterocycles. The van der Waals surface area contributed by atoms with Crippen molar-refractivity contribution in [3.8, 4) is 0 Å². The summed E-state index contributed by atoms with van der Waals surface area (Å²) in [7, 11) is 0. The van der Waals surface area contributed by atoms with Gasteiger partial charge < -0.3 is 40.3 Å². The van der Waals surface area contributed by atoms with E-state index in [0.717, 1.165) is 0 Å². The van der Waals surface area contributed by atoms with Gasteiger partial charge in [0.2, 0.25) is 0 Å². The van der Waals surface area contributed by atoms with Crippen molar-refractivity contribution in [1.82, 2.24) is 0 Å². The summed E-state index contributed by atoms with van der Waals surface area (Å²) >= 11 is 0. The van der Waals surface area contributed by atoms with Crippen LogP contribution in [0.25, 0.3) is 0 Å². The second-order valence-electron chi connectivity index (χ2n) is 2.42. The number of hydrogen-bond donors (Lipinski definition) is 1. The van der Waals surface area contributed by atoms with E-state index in [4.69, 9.17) is 5.11 Å². The molecule has 0 amide bonds. The smallest absolute Gasteiger partial charge is 2.00 e. The van der Waals surface area contributed by atoms with Crippen molar-refractivity contribution in [2.45, 2.75) is 18.4 Å². The van der Waals surface area contributed by atoms with Crippen LogP contribution in [0.3, 0.4) is 0 Å². The average molecular weight is 261 g/mol. The summed E-state index contributed by atoms with van der Waals surface area (Å²) in [5, 5.41) is 38.9. The molecule has 0 aliphatic rings. The molecule has 8 nitrogen and oxygen atoms in total. The van der Waals surface area contributed by atoms with E-state index in [1.54, 1.807) is 0 Å². The van der Waals surface area contributed by atoms with Crippen LogP contribution in [0.2, 0.25) is 0 Å². The van der Waals surface area contributed by atoms with E-state index >= 15 is 0 Å². The number of carbonyl (C=O) groups excluding carboxylic acids is 3. The van der Waals surface area contributed by atoms with Gasteiger partial charge in [-0.1, -0.05) is 0 Å². The number of carboxylic acid groups (broad SMARTS) is 3. The van der Waals surface area contributed by atoms with Crippen molar-refractivity contribution in [2.75, 3.05) is 0 Å². The van der Waals surface area contributed by atoms with Crippen LogP contribution in [0, 0.1) is 0 Å². The third-order valence-corrected chi connectivity index (χ3v) is 1.25. The van der Waals surface area contributed by atoms with Crippen LogP contribution in [0.1, 0.15) is 12.8 Å². The molecule has 0 aromatic heterocycles. The van der Waals surface area contributed by atoms with Gasteiger partial charge in [0.05, 0.1) is 5.97 Å². The van der Waals surface area contributed by atoms with Gasteiger partial charge in [0.25, 0.3) is 0 Å². The second kappa shape index (κ2) is 7.18. The maximum absolute atomic E-state index is 10.1. The molecule has 0 spiro atoms. The Balaban J connectivity index is -0.000000720. The van der Waals surface area contributed by atoms with Crippen molar-refractivity contribution >= 4 is 17.9 Å². The molecule has 9 heteroatoms. The van der Waals surface area contributed by atoms with E-state index in [2.05, 4.69) is 0 Å². The summed E-state index contributed by atoms with van der Waals surface area (Å²) in [4.78, 5) is 30.0. The minimum Gasteiger partial charge on any atom is -2.00 e. The zero-order chi connectivity index (χ0) is 10.6. The fourth-order valence-electron chi connectivity index (χ4n) is 0.684. The standard InChI is InChI=1S/C6H8O7.Fe.O/c7-3(8)1-6(13,5(11)12)2-4(9)10;;/h13H,1-2H2,(H,7,8)(H,9,10)(H,11,12);;/q;+5;-2/p-3. The predicted octanol–water partition coefficient (Wildman–Crippen LogP) is -5.37. The van der Waals surface area contributed by atoms with Gasteiger partial charge >= 0.3 is 17.1 Å². The van der Waals surface area contributed by atoms with E-state index in [-0.39, 0.29) is 22.5 Å². The van der Waals surface area contributed by atoms with Gasteiger partial charge in [-0.3, -0.25) is 0 Å².